The van der Waals surface area contributed by atoms with Crippen LogP contribution in [0.1, 0.15) is 17.5 Å². The molecule has 1 aliphatic rings. The molecule has 0 spiro atoms. The van der Waals surface area contributed by atoms with Crippen LogP contribution in [0.5, 0.6) is 0 Å². The van der Waals surface area contributed by atoms with Gasteiger partial charge in [0.2, 0.25) is 0 Å². The number of aromatic nitrogens is 1. The second-order valence-electron chi connectivity index (χ2n) is 5.92. The van der Waals surface area contributed by atoms with Crippen molar-refractivity contribution in [1.82, 2.24) is 9.88 Å². The summed E-state index contributed by atoms with van der Waals surface area (Å²) >= 11 is 1.76. The quantitative estimate of drug-likeness (QED) is 0.696. The minimum Gasteiger partial charge on any atom is -0.382 e. The summed E-state index contributed by atoms with van der Waals surface area (Å²) in [5.41, 5.74) is 2.72. The molecular weight excluding hydrogens is 308 g/mol. The van der Waals surface area contributed by atoms with Crippen LogP contribution in [-0.2, 0) is 22.4 Å². The van der Waals surface area contributed by atoms with Gasteiger partial charge in [0, 0.05) is 38.6 Å². The number of ether oxygens (including phenoxy) is 2. The number of rotatable bonds is 8. The Bertz CT molecular complexity index is 562. The average Bonchev–Trinajstić information content (AvgIpc) is 3.21. The predicted molar refractivity (Wildman–Crippen MR) is 92.7 cm³/mol. The molecule has 2 atom stereocenters. The summed E-state index contributed by atoms with van der Waals surface area (Å²) in [6.07, 6.45) is 6.10. The molecular formula is C18H24N2O2S. The lowest BCUT2D eigenvalue weighted by Crippen LogP contribution is -2.38. The Balaban J connectivity index is 1.67. The Morgan fingerprint density at radius 3 is 2.83 bits per heavy atom. The van der Waals surface area contributed by atoms with Gasteiger partial charge in [-0.05, 0) is 52.9 Å². The molecule has 1 fully saturated rings. The maximum atomic E-state index is 6.10. The molecule has 4 nitrogen and oxygen atoms in total. The molecule has 124 valence electrons. The zero-order valence-electron chi connectivity index (χ0n) is 13.6. The van der Waals surface area contributed by atoms with E-state index in [0.717, 1.165) is 25.9 Å². The Hall–Kier alpha value is -1.27. The van der Waals surface area contributed by atoms with E-state index in [1.807, 2.05) is 12.4 Å². The van der Waals surface area contributed by atoms with Crippen molar-refractivity contribution in [2.45, 2.75) is 31.5 Å². The number of likely N-dealkylation sites (tertiary alicyclic amines) is 1. The molecule has 0 bridgehead atoms. The van der Waals surface area contributed by atoms with Gasteiger partial charge in [-0.25, -0.2) is 0 Å². The minimum absolute atomic E-state index is 0.275. The van der Waals surface area contributed by atoms with Crippen molar-refractivity contribution in [2.75, 3.05) is 26.9 Å². The van der Waals surface area contributed by atoms with E-state index in [2.05, 4.69) is 38.8 Å². The molecule has 0 N–H and O–H groups in total. The van der Waals surface area contributed by atoms with Gasteiger partial charge in [0.15, 0.2) is 0 Å². The van der Waals surface area contributed by atoms with Gasteiger partial charge >= 0.3 is 0 Å². The second kappa shape index (κ2) is 8.55. The highest BCUT2D eigenvalue weighted by Gasteiger charge is 2.34. The molecule has 23 heavy (non-hydrogen) atoms. The van der Waals surface area contributed by atoms with Gasteiger partial charge in [0.1, 0.15) is 0 Å². The lowest BCUT2D eigenvalue weighted by atomic mass is 10.0. The summed E-state index contributed by atoms with van der Waals surface area (Å²) < 4.78 is 11.2. The highest BCUT2D eigenvalue weighted by atomic mass is 32.1. The molecule has 0 unspecified atom stereocenters. The van der Waals surface area contributed by atoms with E-state index < -0.39 is 0 Å². The first-order valence-electron chi connectivity index (χ1n) is 8.11. The first kappa shape index (κ1) is 16.6. The van der Waals surface area contributed by atoms with Crippen molar-refractivity contribution < 1.29 is 9.47 Å². The number of thiophene rings is 1. The van der Waals surface area contributed by atoms with E-state index in [1.165, 1.54) is 11.1 Å². The lowest BCUT2D eigenvalue weighted by Gasteiger charge is -2.28. The molecule has 0 saturated carbocycles. The molecule has 1 saturated heterocycles. The van der Waals surface area contributed by atoms with Crippen LogP contribution < -0.4 is 0 Å². The van der Waals surface area contributed by atoms with Crippen LogP contribution in [0.25, 0.3) is 0 Å². The fraction of sp³-hybridized carbons (Fsp3) is 0.500. The molecule has 2 aromatic heterocycles. The normalized spacial score (nSPS) is 21.8. The second-order valence-corrected chi connectivity index (χ2v) is 6.70. The third kappa shape index (κ3) is 4.61. The molecule has 0 radical (unpaired) electrons. The molecule has 1 aliphatic heterocycles. The van der Waals surface area contributed by atoms with E-state index in [0.29, 0.717) is 19.3 Å². The summed E-state index contributed by atoms with van der Waals surface area (Å²) in [6.45, 7) is 3.41. The Labute approximate surface area is 142 Å². The fourth-order valence-electron chi connectivity index (χ4n) is 3.20. The summed E-state index contributed by atoms with van der Waals surface area (Å²) in [6, 6.07) is 6.84. The largest absolute Gasteiger partial charge is 0.382 e. The number of methoxy groups -OCH3 is 1. The zero-order valence-corrected chi connectivity index (χ0v) is 14.4. The van der Waals surface area contributed by atoms with Crippen molar-refractivity contribution in [2.24, 2.45) is 0 Å². The topological polar surface area (TPSA) is 34.6 Å². The maximum Gasteiger partial charge on any atom is 0.0746 e. The zero-order chi connectivity index (χ0) is 15.9. The van der Waals surface area contributed by atoms with Crippen LogP contribution in [0.3, 0.4) is 0 Å². The number of hydrogen-bond donors (Lipinski definition) is 0. The van der Waals surface area contributed by atoms with E-state index in [9.17, 15) is 0 Å². The highest BCUT2D eigenvalue weighted by molar-refractivity contribution is 7.07. The van der Waals surface area contributed by atoms with Crippen LogP contribution in [0.4, 0.5) is 0 Å². The summed E-state index contributed by atoms with van der Waals surface area (Å²) in [5, 5.41) is 4.39. The van der Waals surface area contributed by atoms with Crippen molar-refractivity contribution in [1.29, 1.82) is 0 Å². The molecule has 3 heterocycles. The van der Waals surface area contributed by atoms with E-state index in [1.54, 1.807) is 18.4 Å². The predicted octanol–water partition coefficient (Wildman–Crippen LogP) is 2.99. The minimum atomic E-state index is 0.275. The summed E-state index contributed by atoms with van der Waals surface area (Å²) in [5.74, 6) is 0. The fourth-order valence-corrected chi connectivity index (χ4v) is 3.86. The summed E-state index contributed by atoms with van der Waals surface area (Å²) in [4.78, 5) is 6.67. The first-order valence-corrected chi connectivity index (χ1v) is 9.05. The lowest BCUT2D eigenvalue weighted by molar-refractivity contribution is -0.00129. The standard InChI is InChI=1S/C18H24N2O2S/c1-21-9-10-22-18-4-8-20(13-16-5-11-23-14-16)17(18)12-15-2-6-19-7-3-15/h2-3,5-7,11,14,17-18H,4,8-10,12-13H2,1H3/t17-,18+/m0/s1. The smallest absolute Gasteiger partial charge is 0.0746 e. The van der Waals surface area contributed by atoms with Crippen molar-refractivity contribution in [3.8, 4) is 0 Å². The van der Waals surface area contributed by atoms with Crippen LogP contribution >= 0.6 is 11.3 Å². The van der Waals surface area contributed by atoms with Gasteiger partial charge < -0.3 is 9.47 Å². The Morgan fingerprint density at radius 2 is 2.09 bits per heavy atom. The van der Waals surface area contributed by atoms with Gasteiger partial charge in [-0.2, -0.15) is 11.3 Å². The molecule has 0 aliphatic carbocycles. The number of pyridine rings is 1. The number of nitrogens with zero attached hydrogens (tertiary/aromatic N) is 2. The van der Waals surface area contributed by atoms with E-state index in [-0.39, 0.29) is 6.10 Å². The maximum absolute atomic E-state index is 6.10. The molecule has 0 aromatic carbocycles. The van der Waals surface area contributed by atoms with Gasteiger partial charge in [-0.3, -0.25) is 9.88 Å². The third-order valence-electron chi connectivity index (χ3n) is 4.38. The average molecular weight is 332 g/mol. The highest BCUT2D eigenvalue weighted by Crippen LogP contribution is 2.26. The first-order chi connectivity index (χ1) is 11.4. The Kier molecular flexibility index (Phi) is 6.16. The van der Waals surface area contributed by atoms with Crippen molar-refractivity contribution in [3.05, 3.63) is 52.5 Å². The third-order valence-corrected chi connectivity index (χ3v) is 5.11. The van der Waals surface area contributed by atoms with Crippen molar-refractivity contribution >= 4 is 11.3 Å². The van der Waals surface area contributed by atoms with E-state index >= 15 is 0 Å². The monoisotopic (exact) mass is 332 g/mol. The number of hydrogen-bond acceptors (Lipinski definition) is 5. The van der Waals surface area contributed by atoms with E-state index in [4.69, 9.17) is 9.47 Å². The molecule has 3 rings (SSSR count). The van der Waals surface area contributed by atoms with Gasteiger partial charge in [0.05, 0.1) is 19.3 Å². The van der Waals surface area contributed by atoms with Gasteiger partial charge in [0.25, 0.3) is 0 Å². The molecule has 2 aromatic rings. The van der Waals surface area contributed by atoms with Crippen LogP contribution in [0.2, 0.25) is 0 Å². The summed E-state index contributed by atoms with van der Waals surface area (Å²) in [7, 11) is 1.72. The SMILES string of the molecule is COCCO[C@@H]1CCN(Cc2ccsc2)[C@H]1Cc1ccncc1. The molecule has 0 amide bonds. The van der Waals surface area contributed by atoms with Crippen LogP contribution in [0, 0.1) is 0 Å². The Morgan fingerprint density at radius 1 is 1.22 bits per heavy atom. The van der Waals surface area contributed by atoms with Crippen molar-refractivity contribution in [3.63, 3.8) is 0 Å². The van der Waals surface area contributed by atoms with Crippen LogP contribution in [-0.4, -0.2) is 48.9 Å². The van der Waals surface area contributed by atoms with Gasteiger partial charge in [-0.15, -0.1) is 0 Å². The molecule has 5 heteroatoms. The van der Waals surface area contributed by atoms with Gasteiger partial charge in [-0.1, -0.05) is 0 Å². The van der Waals surface area contributed by atoms with Crippen LogP contribution in [0.15, 0.2) is 41.4 Å².